The second kappa shape index (κ2) is 6.20. The molecule has 114 valence electrons. The summed E-state index contributed by atoms with van der Waals surface area (Å²) in [5, 5.41) is 2.77. The van der Waals surface area contributed by atoms with Crippen LogP contribution in [0.1, 0.15) is 32.8 Å². The van der Waals surface area contributed by atoms with E-state index < -0.39 is 11.9 Å². The molecule has 0 spiro atoms. The van der Waals surface area contributed by atoms with E-state index in [-0.39, 0.29) is 36.7 Å². The number of hydrogen-bond donors (Lipinski definition) is 1. The van der Waals surface area contributed by atoms with Gasteiger partial charge in [-0.1, -0.05) is 13.8 Å². The minimum Gasteiger partial charge on any atom is -0.344 e. The zero-order valence-electron chi connectivity index (χ0n) is 12.5. The molecule has 2 amide bonds. The summed E-state index contributed by atoms with van der Waals surface area (Å²) in [5.74, 6) is -0.695. The van der Waals surface area contributed by atoms with Crippen LogP contribution in [0.25, 0.3) is 0 Å². The van der Waals surface area contributed by atoms with Gasteiger partial charge in [-0.05, 0) is 24.5 Å². The number of pyridine rings is 1. The molecule has 1 saturated heterocycles. The highest BCUT2D eigenvalue weighted by Crippen LogP contribution is 2.18. The first-order chi connectivity index (χ1) is 9.88. The molecule has 0 aromatic carbocycles. The van der Waals surface area contributed by atoms with Crippen LogP contribution in [-0.4, -0.2) is 33.8 Å². The predicted octanol–water partition coefficient (Wildman–Crippen LogP) is 1.48. The molecule has 0 bridgehead atoms. The molecule has 1 fully saturated rings. The second-order valence-corrected chi connectivity index (χ2v) is 5.82. The molecule has 21 heavy (non-hydrogen) atoms. The van der Waals surface area contributed by atoms with Gasteiger partial charge in [0.25, 0.3) is 0 Å². The van der Waals surface area contributed by atoms with Gasteiger partial charge in [0.2, 0.25) is 11.8 Å². The summed E-state index contributed by atoms with van der Waals surface area (Å²) in [6, 6.07) is 0.589. The Bertz CT molecular complexity index is 547. The van der Waals surface area contributed by atoms with Crippen LogP contribution < -0.4 is 5.32 Å². The van der Waals surface area contributed by atoms with E-state index in [9.17, 15) is 14.0 Å². The molecule has 1 aliphatic heterocycles. The van der Waals surface area contributed by atoms with Gasteiger partial charge >= 0.3 is 0 Å². The average molecular weight is 293 g/mol. The van der Waals surface area contributed by atoms with E-state index in [1.807, 2.05) is 20.8 Å². The zero-order chi connectivity index (χ0) is 15.6. The monoisotopic (exact) mass is 293 g/mol. The summed E-state index contributed by atoms with van der Waals surface area (Å²) < 4.78 is 13.2. The molecule has 2 heterocycles. The summed E-state index contributed by atoms with van der Waals surface area (Å²) in [5.41, 5.74) is 0.618. The Morgan fingerprint density at radius 2 is 2.14 bits per heavy atom. The second-order valence-electron chi connectivity index (χ2n) is 5.82. The lowest BCUT2D eigenvalue weighted by Crippen LogP contribution is -2.48. The van der Waals surface area contributed by atoms with Crippen LogP contribution in [0.5, 0.6) is 0 Å². The highest BCUT2D eigenvalue weighted by Gasteiger charge is 2.35. The van der Waals surface area contributed by atoms with Crippen LogP contribution in [0, 0.1) is 11.7 Å². The van der Waals surface area contributed by atoms with Gasteiger partial charge in [-0.3, -0.25) is 14.6 Å². The van der Waals surface area contributed by atoms with Gasteiger partial charge in [0, 0.05) is 25.2 Å². The number of carbonyl (C=O) groups is 2. The molecule has 1 aromatic rings. The minimum absolute atomic E-state index is 0.000107. The van der Waals surface area contributed by atoms with Crippen molar-refractivity contribution in [3.05, 3.63) is 29.8 Å². The average Bonchev–Trinajstić information content (AvgIpc) is 2.50. The molecule has 2 unspecified atom stereocenters. The van der Waals surface area contributed by atoms with Crippen molar-refractivity contribution < 1.29 is 14.0 Å². The van der Waals surface area contributed by atoms with Crippen molar-refractivity contribution in [3.63, 3.8) is 0 Å². The molecule has 0 radical (unpaired) electrons. The summed E-state index contributed by atoms with van der Waals surface area (Å²) in [6.45, 7) is 5.86. The van der Waals surface area contributed by atoms with Gasteiger partial charge in [-0.25, -0.2) is 4.39 Å². The first kappa shape index (κ1) is 15.4. The number of nitrogens with one attached hydrogen (secondary N) is 1. The van der Waals surface area contributed by atoms with Gasteiger partial charge < -0.3 is 10.2 Å². The lowest BCUT2D eigenvalue weighted by Gasteiger charge is -2.30. The number of carbonyl (C=O) groups excluding carboxylic acids is 2. The smallest absolute Gasteiger partial charge is 0.245 e. The van der Waals surface area contributed by atoms with E-state index in [0.29, 0.717) is 5.56 Å². The topological polar surface area (TPSA) is 62.3 Å². The van der Waals surface area contributed by atoms with Crippen molar-refractivity contribution in [1.29, 1.82) is 0 Å². The van der Waals surface area contributed by atoms with Gasteiger partial charge in [-0.2, -0.15) is 0 Å². The fraction of sp³-hybridized carbons (Fsp3) is 0.533. The quantitative estimate of drug-likeness (QED) is 0.918. The Morgan fingerprint density at radius 3 is 2.76 bits per heavy atom. The van der Waals surface area contributed by atoms with Crippen LogP contribution in [0.3, 0.4) is 0 Å². The fourth-order valence-electron chi connectivity index (χ4n) is 2.49. The van der Waals surface area contributed by atoms with E-state index in [0.717, 1.165) is 6.20 Å². The number of hydrogen-bond acceptors (Lipinski definition) is 3. The minimum atomic E-state index is -0.538. The molecular formula is C15H20FN3O2. The highest BCUT2D eigenvalue weighted by atomic mass is 19.1. The van der Waals surface area contributed by atoms with E-state index in [4.69, 9.17) is 0 Å². The Balaban J connectivity index is 2.25. The normalized spacial score (nSPS) is 23.2. The van der Waals surface area contributed by atoms with Gasteiger partial charge in [0.05, 0.1) is 6.20 Å². The van der Waals surface area contributed by atoms with Crippen molar-refractivity contribution in [3.8, 4) is 0 Å². The van der Waals surface area contributed by atoms with Gasteiger partial charge in [0.15, 0.2) is 0 Å². The molecule has 6 heteroatoms. The maximum Gasteiger partial charge on any atom is 0.245 e. The van der Waals surface area contributed by atoms with Gasteiger partial charge in [-0.15, -0.1) is 0 Å². The van der Waals surface area contributed by atoms with Crippen molar-refractivity contribution in [2.75, 3.05) is 0 Å². The van der Waals surface area contributed by atoms with E-state index in [2.05, 4.69) is 10.3 Å². The molecule has 2 atom stereocenters. The Kier molecular flexibility index (Phi) is 4.55. The Hall–Kier alpha value is -1.98. The molecular weight excluding hydrogens is 273 g/mol. The molecule has 1 N–H and O–H groups in total. The lowest BCUT2D eigenvalue weighted by molar-refractivity contribution is -0.136. The van der Waals surface area contributed by atoms with Crippen LogP contribution >= 0.6 is 0 Å². The molecule has 1 aromatic heterocycles. The molecule has 0 aliphatic carbocycles. The number of halogens is 1. The highest BCUT2D eigenvalue weighted by molar-refractivity contribution is 5.90. The van der Waals surface area contributed by atoms with Gasteiger partial charge in [0.1, 0.15) is 11.9 Å². The molecule has 5 nitrogen and oxygen atoms in total. The molecule has 2 rings (SSSR count). The lowest BCUT2D eigenvalue weighted by atomic mass is 10.0. The summed E-state index contributed by atoms with van der Waals surface area (Å²) in [6.07, 6.45) is 2.91. The Labute approximate surface area is 123 Å². The largest absolute Gasteiger partial charge is 0.344 e. The standard InChI is InChI=1S/C15H20FN3O2/c1-9(2)14-15(21)19(10(3)4-13(20)18-14)8-11-5-12(16)7-17-6-11/h5-7,9-10,14H,4,8H2,1-3H3,(H,18,20). The number of nitrogens with zero attached hydrogens (tertiary/aromatic N) is 2. The first-order valence-corrected chi connectivity index (χ1v) is 7.07. The summed E-state index contributed by atoms with van der Waals surface area (Å²) >= 11 is 0. The van der Waals surface area contributed by atoms with E-state index >= 15 is 0 Å². The maximum absolute atomic E-state index is 13.2. The van der Waals surface area contributed by atoms with Crippen LogP contribution in [0.2, 0.25) is 0 Å². The summed E-state index contributed by atoms with van der Waals surface area (Å²) in [7, 11) is 0. The van der Waals surface area contributed by atoms with Crippen molar-refractivity contribution in [2.24, 2.45) is 5.92 Å². The third-order valence-electron chi connectivity index (χ3n) is 3.66. The maximum atomic E-state index is 13.2. The fourth-order valence-corrected chi connectivity index (χ4v) is 2.49. The van der Waals surface area contributed by atoms with Crippen LogP contribution in [0.4, 0.5) is 4.39 Å². The van der Waals surface area contributed by atoms with Crippen LogP contribution in [0.15, 0.2) is 18.5 Å². The number of rotatable bonds is 3. The number of amides is 2. The van der Waals surface area contributed by atoms with E-state index in [1.165, 1.54) is 12.3 Å². The van der Waals surface area contributed by atoms with Crippen LogP contribution in [-0.2, 0) is 16.1 Å². The molecule has 0 saturated carbocycles. The van der Waals surface area contributed by atoms with Crippen molar-refractivity contribution in [1.82, 2.24) is 15.2 Å². The number of aromatic nitrogens is 1. The molecule has 1 aliphatic rings. The first-order valence-electron chi connectivity index (χ1n) is 7.07. The third-order valence-corrected chi connectivity index (χ3v) is 3.66. The SMILES string of the molecule is CC(C)C1NC(=O)CC(C)N(Cc2cncc(F)c2)C1=O. The Morgan fingerprint density at radius 1 is 1.43 bits per heavy atom. The van der Waals surface area contributed by atoms with E-state index in [1.54, 1.807) is 4.90 Å². The van der Waals surface area contributed by atoms with Crippen molar-refractivity contribution in [2.45, 2.75) is 45.8 Å². The zero-order valence-corrected chi connectivity index (χ0v) is 12.5. The third kappa shape index (κ3) is 3.56. The van der Waals surface area contributed by atoms with Crippen molar-refractivity contribution >= 4 is 11.8 Å². The predicted molar refractivity (Wildman–Crippen MR) is 75.6 cm³/mol. The summed E-state index contributed by atoms with van der Waals surface area (Å²) in [4.78, 5) is 29.9.